The van der Waals surface area contributed by atoms with Crippen LogP contribution in [0.2, 0.25) is 0 Å². The highest BCUT2D eigenvalue weighted by Crippen LogP contribution is 2.31. The summed E-state index contributed by atoms with van der Waals surface area (Å²) >= 11 is 1.66. The van der Waals surface area contributed by atoms with Crippen LogP contribution in [0.3, 0.4) is 0 Å². The lowest BCUT2D eigenvalue weighted by atomic mass is 10.2. The van der Waals surface area contributed by atoms with Gasteiger partial charge in [-0.2, -0.15) is 5.26 Å². The molecule has 0 bridgehead atoms. The van der Waals surface area contributed by atoms with Crippen molar-refractivity contribution in [2.45, 2.75) is 13.5 Å². The number of rotatable bonds is 6. The summed E-state index contributed by atoms with van der Waals surface area (Å²) in [4.78, 5) is 17.0. The Labute approximate surface area is 184 Å². The van der Waals surface area contributed by atoms with Gasteiger partial charge in [-0.25, -0.2) is 4.98 Å². The van der Waals surface area contributed by atoms with E-state index >= 15 is 0 Å². The lowest BCUT2D eigenvalue weighted by Gasteiger charge is -2.06. The molecule has 0 atom stereocenters. The summed E-state index contributed by atoms with van der Waals surface area (Å²) in [5.41, 5.74) is 5.01. The predicted octanol–water partition coefficient (Wildman–Crippen LogP) is 5.41. The second-order valence-corrected chi connectivity index (χ2v) is 8.08. The van der Waals surface area contributed by atoms with Gasteiger partial charge in [0.05, 0.1) is 10.2 Å². The zero-order chi connectivity index (χ0) is 21.6. The Kier molecular flexibility index (Phi) is 6.06. The number of nitrogens with zero attached hydrogens (tertiary/aromatic N) is 2. The van der Waals surface area contributed by atoms with Crippen LogP contribution < -0.4 is 10.6 Å². The van der Waals surface area contributed by atoms with Gasteiger partial charge in [0.1, 0.15) is 16.6 Å². The van der Waals surface area contributed by atoms with Crippen molar-refractivity contribution in [3.63, 3.8) is 0 Å². The van der Waals surface area contributed by atoms with Gasteiger partial charge in [0.25, 0.3) is 5.91 Å². The minimum Gasteiger partial charge on any atom is -0.360 e. The van der Waals surface area contributed by atoms with E-state index in [9.17, 15) is 10.1 Å². The maximum Gasteiger partial charge on any atom is 0.263 e. The van der Waals surface area contributed by atoms with E-state index in [4.69, 9.17) is 4.98 Å². The predicted molar refractivity (Wildman–Crippen MR) is 125 cm³/mol. The van der Waals surface area contributed by atoms with Crippen molar-refractivity contribution >= 4 is 33.1 Å². The third-order valence-corrected chi connectivity index (χ3v) is 5.79. The summed E-state index contributed by atoms with van der Waals surface area (Å²) < 4.78 is 1.17. The number of benzene rings is 3. The average molecular weight is 425 g/mol. The van der Waals surface area contributed by atoms with Crippen molar-refractivity contribution < 1.29 is 4.79 Å². The molecule has 152 valence electrons. The first-order chi connectivity index (χ1) is 15.1. The Morgan fingerprint density at radius 2 is 1.87 bits per heavy atom. The van der Waals surface area contributed by atoms with Gasteiger partial charge < -0.3 is 10.6 Å². The first-order valence-electron chi connectivity index (χ1n) is 9.79. The number of aryl methyl sites for hydroxylation is 1. The van der Waals surface area contributed by atoms with E-state index in [0.717, 1.165) is 27.3 Å². The lowest BCUT2D eigenvalue weighted by Crippen LogP contribution is -2.24. The molecule has 0 radical (unpaired) electrons. The summed E-state index contributed by atoms with van der Waals surface area (Å²) in [5, 5.41) is 16.1. The number of fused-ring (bicyclic) bond motifs is 1. The molecule has 4 rings (SSSR count). The molecule has 1 amide bonds. The SMILES string of the molecule is Cc1ccc2nc(-c3ccc(N/C=C(/C#N)C(=O)NCc4ccccc4)cc3)sc2c1. The first kappa shape index (κ1) is 20.3. The maximum atomic E-state index is 12.3. The molecule has 0 spiro atoms. The Hall–Kier alpha value is -3.95. The number of aromatic nitrogens is 1. The topological polar surface area (TPSA) is 77.8 Å². The molecular formula is C25H20N4OS. The van der Waals surface area contributed by atoms with E-state index in [1.165, 1.54) is 16.5 Å². The van der Waals surface area contributed by atoms with Crippen LogP contribution in [0.15, 0.2) is 84.6 Å². The molecule has 4 aromatic rings. The van der Waals surface area contributed by atoms with Gasteiger partial charge in [-0.3, -0.25) is 4.79 Å². The zero-order valence-corrected chi connectivity index (χ0v) is 17.7. The van der Waals surface area contributed by atoms with E-state index in [0.29, 0.717) is 6.54 Å². The molecule has 5 nitrogen and oxygen atoms in total. The number of nitrogens with one attached hydrogen (secondary N) is 2. The molecule has 1 aromatic heterocycles. The van der Waals surface area contributed by atoms with E-state index in [2.05, 4.69) is 29.7 Å². The molecule has 1 heterocycles. The van der Waals surface area contributed by atoms with Crippen LogP contribution in [0, 0.1) is 18.3 Å². The quantitative estimate of drug-likeness (QED) is 0.321. The molecule has 6 heteroatoms. The van der Waals surface area contributed by atoms with Gasteiger partial charge in [0.15, 0.2) is 0 Å². The third kappa shape index (κ3) is 4.97. The van der Waals surface area contributed by atoms with Crippen LogP contribution >= 0.6 is 11.3 Å². The largest absolute Gasteiger partial charge is 0.360 e. The molecule has 0 fully saturated rings. The highest BCUT2D eigenvalue weighted by Gasteiger charge is 2.09. The number of nitriles is 1. The van der Waals surface area contributed by atoms with E-state index < -0.39 is 5.91 Å². The van der Waals surface area contributed by atoms with Crippen molar-refractivity contribution in [2.24, 2.45) is 0 Å². The fourth-order valence-electron chi connectivity index (χ4n) is 3.04. The van der Waals surface area contributed by atoms with Gasteiger partial charge >= 0.3 is 0 Å². The minimum atomic E-state index is -0.416. The lowest BCUT2D eigenvalue weighted by molar-refractivity contribution is -0.117. The Morgan fingerprint density at radius 3 is 2.61 bits per heavy atom. The van der Waals surface area contributed by atoms with Crippen LogP contribution in [0.4, 0.5) is 5.69 Å². The fraction of sp³-hybridized carbons (Fsp3) is 0.0800. The monoisotopic (exact) mass is 424 g/mol. The van der Waals surface area contributed by atoms with Gasteiger partial charge in [0, 0.05) is 24.0 Å². The van der Waals surface area contributed by atoms with Gasteiger partial charge in [-0.15, -0.1) is 11.3 Å². The second-order valence-electron chi connectivity index (χ2n) is 7.05. The summed E-state index contributed by atoms with van der Waals surface area (Å²) in [6, 6.07) is 25.5. The molecule has 0 saturated heterocycles. The summed E-state index contributed by atoms with van der Waals surface area (Å²) in [6.07, 6.45) is 1.43. The molecule has 0 aliphatic carbocycles. The van der Waals surface area contributed by atoms with Gasteiger partial charge in [-0.05, 0) is 54.4 Å². The van der Waals surface area contributed by atoms with E-state index in [1.54, 1.807) is 11.3 Å². The van der Waals surface area contributed by atoms with Crippen molar-refractivity contribution in [3.05, 3.63) is 95.7 Å². The van der Waals surface area contributed by atoms with Crippen LogP contribution in [-0.2, 0) is 11.3 Å². The average Bonchev–Trinajstić information content (AvgIpc) is 3.22. The summed E-state index contributed by atoms with van der Waals surface area (Å²) in [5.74, 6) is -0.416. The molecule has 0 saturated carbocycles. The molecule has 31 heavy (non-hydrogen) atoms. The van der Waals surface area contributed by atoms with Crippen molar-refractivity contribution in [1.29, 1.82) is 5.26 Å². The fourth-order valence-corrected chi connectivity index (χ4v) is 4.11. The number of anilines is 1. The third-order valence-electron chi connectivity index (χ3n) is 4.72. The number of carbonyl (C=O) groups is 1. The number of carbonyl (C=O) groups excluding carboxylic acids is 1. The van der Waals surface area contributed by atoms with Gasteiger partial charge in [0.2, 0.25) is 0 Å². The van der Waals surface area contributed by atoms with Crippen molar-refractivity contribution in [3.8, 4) is 16.6 Å². The van der Waals surface area contributed by atoms with Crippen molar-refractivity contribution in [2.75, 3.05) is 5.32 Å². The molecular weight excluding hydrogens is 404 g/mol. The number of hydrogen-bond donors (Lipinski definition) is 2. The zero-order valence-electron chi connectivity index (χ0n) is 16.9. The Balaban J connectivity index is 1.41. The van der Waals surface area contributed by atoms with E-state index in [1.807, 2.05) is 66.7 Å². The second kappa shape index (κ2) is 9.24. The maximum absolute atomic E-state index is 12.3. The van der Waals surface area contributed by atoms with E-state index in [-0.39, 0.29) is 5.57 Å². The molecule has 0 unspecified atom stereocenters. The molecule has 3 aromatic carbocycles. The van der Waals surface area contributed by atoms with Crippen LogP contribution in [-0.4, -0.2) is 10.9 Å². The molecule has 2 N–H and O–H groups in total. The normalized spacial score (nSPS) is 11.2. The van der Waals surface area contributed by atoms with Gasteiger partial charge in [-0.1, -0.05) is 36.4 Å². The highest BCUT2D eigenvalue weighted by molar-refractivity contribution is 7.21. The van der Waals surface area contributed by atoms with Crippen LogP contribution in [0.25, 0.3) is 20.8 Å². The number of hydrogen-bond acceptors (Lipinski definition) is 5. The number of amides is 1. The first-order valence-corrected chi connectivity index (χ1v) is 10.6. The minimum absolute atomic E-state index is 0.0153. The summed E-state index contributed by atoms with van der Waals surface area (Å²) in [6.45, 7) is 2.44. The summed E-state index contributed by atoms with van der Waals surface area (Å²) in [7, 11) is 0. The van der Waals surface area contributed by atoms with Crippen LogP contribution in [0.5, 0.6) is 0 Å². The van der Waals surface area contributed by atoms with Crippen LogP contribution in [0.1, 0.15) is 11.1 Å². The smallest absolute Gasteiger partial charge is 0.263 e. The van der Waals surface area contributed by atoms with Crippen molar-refractivity contribution in [1.82, 2.24) is 10.3 Å². The molecule has 0 aliphatic rings. The standard InChI is InChI=1S/C25H20N4OS/c1-17-7-12-22-23(13-17)31-25(29-22)19-8-10-21(11-9-19)27-16-20(14-26)24(30)28-15-18-5-3-2-4-6-18/h2-13,16,27H,15H2,1H3,(H,28,30)/b20-16-. The Morgan fingerprint density at radius 1 is 1.10 bits per heavy atom. The number of thiazole rings is 1. The highest BCUT2D eigenvalue weighted by atomic mass is 32.1. The Bertz CT molecular complexity index is 1280. The molecule has 0 aliphatic heterocycles.